The number of hydrogen-bond acceptors (Lipinski definition) is 5. The minimum atomic E-state index is -3.29. The largest absolute Gasteiger partial charge is 0.356 e. The lowest BCUT2D eigenvalue weighted by Crippen LogP contribution is -2.50. The third kappa shape index (κ3) is 6.84. The van der Waals surface area contributed by atoms with Crippen LogP contribution in [0, 0.1) is 5.92 Å². The Kier molecular flexibility index (Phi) is 8.74. The van der Waals surface area contributed by atoms with E-state index in [4.69, 9.17) is 0 Å². The topological polar surface area (TPSA) is 89.9 Å². The molecule has 0 radical (unpaired) electrons. The lowest BCUT2D eigenvalue weighted by Gasteiger charge is -2.34. The second-order valence-electron chi connectivity index (χ2n) is 8.11. The van der Waals surface area contributed by atoms with Gasteiger partial charge in [0, 0.05) is 52.5 Å². The van der Waals surface area contributed by atoms with Crippen LogP contribution in [-0.4, -0.2) is 75.7 Å². The van der Waals surface area contributed by atoms with Crippen molar-refractivity contribution < 1.29 is 8.42 Å². The summed E-state index contributed by atoms with van der Waals surface area (Å²) in [4.78, 5) is 10.7. The Balaban J connectivity index is 1.34. The van der Waals surface area contributed by atoms with Crippen molar-refractivity contribution in [3.63, 3.8) is 0 Å². The number of guanidine groups is 1. The first-order valence-electron chi connectivity index (χ1n) is 11.2. The van der Waals surface area contributed by atoms with Gasteiger partial charge in [0.25, 0.3) is 0 Å². The maximum absolute atomic E-state index is 12.7. The number of piperazine rings is 1. The van der Waals surface area contributed by atoms with E-state index in [2.05, 4.69) is 25.5 Å². The van der Waals surface area contributed by atoms with Crippen LogP contribution in [0.4, 0.5) is 5.82 Å². The molecule has 1 aliphatic heterocycles. The van der Waals surface area contributed by atoms with E-state index in [9.17, 15) is 8.42 Å². The molecule has 2 fully saturated rings. The molecule has 1 aliphatic carbocycles. The molecule has 1 aromatic rings. The predicted octanol–water partition coefficient (Wildman–Crippen LogP) is 1.67. The fourth-order valence-electron chi connectivity index (χ4n) is 4.28. The molecule has 0 unspecified atom stereocenters. The van der Waals surface area contributed by atoms with Crippen LogP contribution >= 0.6 is 0 Å². The summed E-state index contributed by atoms with van der Waals surface area (Å²) in [5, 5.41) is 6.44. The number of anilines is 1. The van der Waals surface area contributed by atoms with Crippen molar-refractivity contribution >= 4 is 21.8 Å². The summed E-state index contributed by atoms with van der Waals surface area (Å²) in [5.41, 5.74) is 0. The molecule has 3 rings (SSSR count). The molecule has 2 heterocycles. The van der Waals surface area contributed by atoms with Crippen molar-refractivity contribution in [2.75, 3.05) is 57.0 Å². The Morgan fingerprint density at radius 3 is 2.53 bits per heavy atom. The number of aliphatic imine (C=N–C) groups is 1. The lowest BCUT2D eigenvalue weighted by molar-refractivity contribution is 0.384. The number of sulfonamides is 1. The minimum absolute atomic E-state index is 0.0688. The van der Waals surface area contributed by atoms with E-state index >= 15 is 0 Å². The quantitative estimate of drug-likeness (QED) is 0.348. The first-order chi connectivity index (χ1) is 14.6. The molecule has 0 atom stereocenters. The van der Waals surface area contributed by atoms with Crippen molar-refractivity contribution in [3.8, 4) is 0 Å². The number of hydrogen-bond donors (Lipinski definition) is 2. The fourth-order valence-corrected chi connectivity index (χ4v) is 5.62. The molecule has 168 valence electrons. The Labute approximate surface area is 181 Å². The molecule has 8 nitrogen and oxygen atoms in total. The standard InChI is InChI=1S/C21H36N6O2S/c1-22-21(24-12-6-9-19-7-2-3-8-19)25-13-18-30(28,29)27-16-14-26(15-17-27)20-10-4-5-11-23-20/h4-5,10-11,19H,2-3,6-9,12-18H2,1H3,(H2,22,24,25). The molecule has 2 aliphatic rings. The molecule has 0 amide bonds. The van der Waals surface area contributed by atoms with Crippen LogP contribution in [0.2, 0.25) is 0 Å². The summed E-state index contributed by atoms with van der Waals surface area (Å²) in [5.74, 6) is 2.54. The van der Waals surface area contributed by atoms with Crippen LogP contribution in [0.15, 0.2) is 29.4 Å². The SMILES string of the molecule is CN=C(NCCCC1CCCC1)NCCS(=O)(=O)N1CCN(c2ccccn2)CC1. The first kappa shape index (κ1) is 22.8. The predicted molar refractivity (Wildman–Crippen MR) is 122 cm³/mol. The van der Waals surface area contributed by atoms with Gasteiger partial charge in [0.15, 0.2) is 5.96 Å². The van der Waals surface area contributed by atoms with E-state index in [-0.39, 0.29) is 5.75 Å². The molecular weight excluding hydrogens is 400 g/mol. The summed E-state index contributed by atoms with van der Waals surface area (Å²) < 4.78 is 27.0. The third-order valence-corrected chi connectivity index (χ3v) is 7.91. The molecule has 0 bridgehead atoms. The molecule has 0 spiro atoms. The second-order valence-corrected chi connectivity index (χ2v) is 10.2. The third-order valence-electron chi connectivity index (χ3n) is 6.04. The smallest absolute Gasteiger partial charge is 0.215 e. The molecule has 1 saturated carbocycles. The van der Waals surface area contributed by atoms with Gasteiger partial charge in [-0.05, 0) is 30.9 Å². The van der Waals surface area contributed by atoms with Gasteiger partial charge in [-0.2, -0.15) is 4.31 Å². The molecule has 9 heteroatoms. The molecule has 30 heavy (non-hydrogen) atoms. The van der Waals surface area contributed by atoms with Crippen LogP contribution < -0.4 is 15.5 Å². The van der Waals surface area contributed by atoms with E-state index in [0.717, 1.165) is 24.7 Å². The molecule has 1 saturated heterocycles. The van der Waals surface area contributed by atoms with Gasteiger partial charge in [-0.15, -0.1) is 0 Å². The minimum Gasteiger partial charge on any atom is -0.356 e. The summed E-state index contributed by atoms with van der Waals surface area (Å²) in [6.07, 6.45) is 9.68. The Bertz CT molecular complexity index is 757. The zero-order valence-electron chi connectivity index (χ0n) is 18.1. The highest BCUT2D eigenvalue weighted by Gasteiger charge is 2.27. The van der Waals surface area contributed by atoms with Gasteiger partial charge in [0.1, 0.15) is 5.82 Å². The monoisotopic (exact) mass is 436 g/mol. The van der Waals surface area contributed by atoms with E-state index in [0.29, 0.717) is 38.7 Å². The van der Waals surface area contributed by atoms with Crippen molar-refractivity contribution in [3.05, 3.63) is 24.4 Å². The van der Waals surface area contributed by atoms with Crippen molar-refractivity contribution in [1.82, 2.24) is 19.9 Å². The maximum atomic E-state index is 12.7. The zero-order chi connectivity index (χ0) is 21.2. The van der Waals surface area contributed by atoms with E-state index in [1.54, 1.807) is 17.5 Å². The highest BCUT2D eigenvalue weighted by Crippen LogP contribution is 2.28. The average molecular weight is 437 g/mol. The highest BCUT2D eigenvalue weighted by molar-refractivity contribution is 7.89. The zero-order valence-corrected chi connectivity index (χ0v) is 18.9. The van der Waals surface area contributed by atoms with Gasteiger partial charge in [0.05, 0.1) is 5.75 Å². The number of aromatic nitrogens is 1. The first-order valence-corrected chi connectivity index (χ1v) is 12.8. The number of nitrogens with zero attached hydrogens (tertiary/aromatic N) is 4. The second kappa shape index (κ2) is 11.5. The summed E-state index contributed by atoms with van der Waals surface area (Å²) in [6.45, 7) is 3.53. The summed E-state index contributed by atoms with van der Waals surface area (Å²) in [6, 6.07) is 5.79. The number of nitrogens with one attached hydrogen (secondary N) is 2. The molecule has 2 N–H and O–H groups in total. The van der Waals surface area contributed by atoms with E-state index in [1.807, 2.05) is 18.2 Å². The number of pyridine rings is 1. The van der Waals surface area contributed by atoms with E-state index < -0.39 is 10.0 Å². The van der Waals surface area contributed by atoms with Gasteiger partial charge in [0.2, 0.25) is 10.0 Å². The molecule has 1 aromatic heterocycles. The van der Waals surface area contributed by atoms with Gasteiger partial charge >= 0.3 is 0 Å². The lowest BCUT2D eigenvalue weighted by atomic mass is 10.0. The maximum Gasteiger partial charge on any atom is 0.215 e. The fraction of sp³-hybridized carbons (Fsp3) is 0.714. The highest BCUT2D eigenvalue weighted by atomic mass is 32.2. The number of rotatable bonds is 9. The average Bonchev–Trinajstić information content (AvgIpc) is 3.29. The summed E-state index contributed by atoms with van der Waals surface area (Å²) in [7, 11) is -1.57. The van der Waals surface area contributed by atoms with Crippen LogP contribution in [0.25, 0.3) is 0 Å². The van der Waals surface area contributed by atoms with Crippen molar-refractivity contribution in [1.29, 1.82) is 0 Å². The molecule has 0 aromatic carbocycles. The van der Waals surface area contributed by atoms with Crippen LogP contribution in [0.3, 0.4) is 0 Å². The van der Waals surface area contributed by atoms with Gasteiger partial charge < -0.3 is 15.5 Å². The van der Waals surface area contributed by atoms with Crippen LogP contribution in [0.1, 0.15) is 38.5 Å². The van der Waals surface area contributed by atoms with E-state index in [1.165, 1.54) is 32.1 Å². The van der Waals surface area contributed by atoms with Crippen molar-refractivity contribution in [2.24, 2.45) is 10.9 Å². The van der Waals surface area contributed by atoms with Gasteiger partial charge in [-0.25, -0.2) is 13.4 Å². The van der Waals surface area contributed by atoms with Crippen LogP contribution in [-0.2, 0) is 10.0 Å². The molecular formula is C21H36N6O2S. The summed E-state index contributed by atoms with van der Waals surface area (Å²) >= 11 is 0. The Morgan fingerprint density at radius 1 is 1.13 bits per heavy atom. The Hall–Kier alpha value is -1.87. The Morgan fingerprint density at radius 2 is 1.87 bits per heavy atom. The normalized spacial score (nSPS) is 19.2. The van der Waals surface area contributed by atoms with Crippen LogP contribution in [0.5, 0.6) is 0 Å². The van der Waals surface area contributed by atoms with Gasteiger partial charge in [-0.1, -0.05) is 31.7 Å². The van der Waals surface area contributed by atoms with Crippen molar-refractivity contribution in [2.45, 2.75) is 38.5 Å². The van der Waals surface area contributed by atoms with Gasteiger partial charge in [-0.3, -0.25) is 4.99 Å².